The molecule has 1 atom stereocenters. The van der Waals surface area contributed by atoms with Crippen molar-refractivity contribution in [3.05, 3.63) is 42.5 Å². The Balaban J connectivity index is 2.06. The number of methoxy groups -OCH3 is 1. The second kappa shape index (κ2) is 6.23. The van der Waals surface area contributed by atoms with Crippen molar-refractivity contribution in [1.82, 2.24) is 4.90 Å². The lowest BCUT2D eigenvalue weighted by Crippen LogP contribution is -2.37. The first-order chi connectivity index (χ1) is 10.6. The van der Waals surface area contributed by atoms with Gasteiger partial charge in [-0.1, -0.05) is 23.9 Å². The third-order valence-electron chi connectivity index (χ3n) is 4.16. The van der Waals surface area contributed by atoms with Crippen LogP contribution in [0.5, 0.6) is 5.75 Å². The number of hydrogen-bond donors (Lipinski definition) is 0. The molecule has 22 heavy (non-hydrogen) atoms. The second-order valence-electron chi connectivity index (χ2n) is 5.83. The maximum Gasteiger partial charge on any atom is 0.121 e. The topological polar surface area (TPSA) is 15.7 Å². The molecule has 0 N–H and O–H groups in total. The van der Waals surface area contributed by atoms with Gasteiger partial charge in [0.05, 0.1) is 18.5 Å². The van der Waals surface area contributed by atoms with Gasteiger partial charge in [-0.2, -0.15) is 0 Å². The van der Waals surface area contributed by atoms with E-state index in [1.807, 2.05) is 17.8 Å². The molecule has 1 heterocycles. The van der Waals surface area contributed by atoms with Crippen LogP contribution in [0.25, 0.3) is 0 Å². The van der Waals surface area contributed by atoms with Crippen LogP contribution in [0.2, 0.25) is 0 Å². The summed E-state index contributed by atoms with van der Waals surface area (Å²) in [7, 11) is 5.97. The first-order valence-electron chi connectivity index (χ1n) is 7.49. The maximum absolute atomic E-state index is 5.42. The molecule has 1 aliphatic rings. The molecule has 0 amide bonds. The van der Waals surface area contributed by atoms with Crippen molar-refractivity contribution in [3.63, 3.8) is 0 Å². The number of nitrogens with zero attached hydrogens (tertiary/aromatic N) is 2. The molecule has 0 aliphatic carbocycles. The third kappa shape index (κ3) is 2.81. The Morgan fingerprint density at radius 3 is 2.55 bits per heavy atom. The highest BCUT2D eigenvalue weighted by Gasteiger charge is 2.25. The SMILES string of the molecule is COc1ccc2c(c1)N(CC(C)N(C)C)c1ccccc1S2. The molecule has 116 valence electrons. The molecule has 0 spiro atoms. The van der Waals surface area contributed by atoms with E-state index < -0.39 is 0 Å². The summed E-state index contributed by atoms with van der Waals surface area (Å²) < 4.78 is 5.42. The number of ether oxygens (including phenoxy) is 1. The highest BCUT2D eigenvalue weighted by atomic mass is 32.2. The summed E-state index contributed by atoms with van der Waals surface area (Å²) in [6.07, 6.45) is 0. The van der Waals surface area contributed by atoms with E-state index in [4.69, 9.17) is 4.74 Å². The van der Waals surface area contributed by atoms with Crippen molar-refractivity contribution in [2.75, 3.05) is 32.6 Å². The van der Waals surface area contributed by atoms with Crippen molar-refractivity contribution in [3.8, 4) is 5.75 Å². The third-order valence-corrected chi connectivity index (χ3v) is 5.29. The molecule has 2 aromatic rings. The van der Waals surface area contributed by atoms with Gasteiger partial charge in [0.15, 0.2) is 0 Å². The molecule has 1 aliphatic heterocycles. The average Bonchev–Trinajstić information content (AvgIpc) is 2.54. The van der Waals surface area contributed by atoms with Crippen molar-refractivity contribution in [1.29, 1.82) is 0 Å². The zero-order chi connectivity index (χ0) is 15.7. The van der Waals surface area contributed by atoms with E-state index in [1.165, 1.54) is 21.2 Å². The molecule has 0 saturated heterocycles. The summed E-state index contributed by atoms with van der Waals surface area (Å²) in [6, 6.07) is 15.4. The Morgan fingerprint density at radius 2 is 1.82 bits per heavy atom. The van der Waals surface area contributed by atoms with Gasteiger partial charge in [-0.3, -0.25) is 0 Å². The zero-order valence-electron chi connectivity index (χ0n) is 13.5. The lowest BCUT2D eigenvalue weighted by Gasteiger charge is -2.36. The lowest BCUT2D eigenvalue weighted by molar-refractivity contribution is 0.319. The van der Waals surface area contributed by atoms with Crippen LogP contribution in [0.4, 0.5) is 11.4 Å². The summed E-state index contributed by atoms with van der Waals surface area (Å²) in [6.45, 7) is 3.20. The first kappa shape index (κ1) is 15.3. The fourth-order valence-corrected chi connectivity index (χ4v) is 3.64. The highest BCUT2D eigenvalue weighted by molar-refractivity contribution is 7.99. The quantitative estimate of drug-likeness (QED) is 0.838. The Labute approximate surface area is 136 Å². The summed E-state index contributed by atoms with van der Waals surface area (Å²) in [5, 5.41) is 0. The number of fused-ring (bicyclic) bond motifs is 2. The highest BCUT2D eigenvalue weighted by Crippen LogP contribution is 2.49. The van der Waals surface area contributed by atoms with E-state index in [2.05, 4.69) is 67.2 Å². The molecule has 3 rings (SSSR count). The second-order valence-corrected chi connectivity index (χ2v) is 6.91. The molecule has 1 unspecified atom stereocenters. The van der Waals surface area contributed by atoms with E-state index in [9.17, 15) is 0 Å². The van der Waals surface area contributed by atoms with Gasteiger partial charge < -0.3 is 14.5 Å². The lowest BCUT2D eigenvalue weighted by atomic mass is 10.2. The average molecular weight is 314 g/mol. The number of rotatable bonds is 4. The van der Waals surface area contributed by atoms with Crippen LogP contribution in [0, 0.1) is 0 Å². The summed E-state index contributed by atoms with van der Waals surface area (Å²) >= 11 is 1.83. The van der Waals surface area contributed by atoms with Crippen molar-refractivity contribution < 1.29 is 4.74 Å². The van der Waals surface area contributed by atoms with Gasteiger partial charge in [0, 0.05) is 28.4 Å². The fraction of sp³-hybridized carbons (Fsp3) is 0.333. The number of anilines is 2. The van der Waals surface area contributed by atoms with Gasteiger partial charge in [0.25, 0.3) is 0 Å². The number of hydrogen-bond acceptors (Lipinski definition) is 4. The van der Waals surface area contributed by atoms with Gasteiger partial charge in [0.1, 0.15) is 5.75 Å². The van der Waals surface area contributed by atoms with E-state index in [0.717, 1.165) is 12.3 Å². The van der Waals surface area contributed by atoms with Crippen LogP contribution < -0.4 is 9.64 Å². The summed E-state index contributed by atoms with van der Waals surface area (Å²) in [5.74, 6) is 0.904. The Hall–Kier alpha value is -1.65. The molecule has 0 fully saturated rings. The van der Waals surface area contributed by atoms with Gasteiger partial charge >= 0.3 is 0 Å². The van der Waals surface area contributed by atoms with Crippen LogP contribution in [-0.4, -0.2) is 38.7 Å². The van der Waals surface area contributed by atoms with E-state index >= 15 is 0 Å². The fourth-order valence-electron chi connectivity index (χ4n) is 2.56. The molecule has 3 nitrogen and oxygen atoms in total. The van der Waals surface area contributed by atoms with Crippen molar-refractivity contribution in [2.45, 2.75) is 22.8 Å². The van der Waals surface area contributed by atoms with Crippen LogP contribution in [0.3, 0.4) is 0 Å². The normalized spacial score (nSPS) is 14.5. The van der Waals surface area contributed by atoms with E-state index in [0.29, 0.717) is 6.04 Å². The molecule has 4 heteroatoms. The minimum atomic E-state index is 0.454. The smallest absolute Gasteiger partial charge is 0.121 e. The van der Waals surface area contributed by atoms with Gasteiger partial charge in [-0.25, -0.2) is 0 Å². The Kier molecular flexibility index (Phi) is 4.32. The minimum absolute atomic E-state index is 0.454. The molecular formula is C18H22N2OS. The van der Waals surface area contributed by atoms with Crippen LogP contribution in [0.1, 0.15) is 6.92 Å². The molecule has 2 aromatic carbocycles. The van der Waals surface area contributed by atoms with Crippen LogP contribution in [0.15, 0.2) is 52.3 Å². The molecule has 0 aromatic heterocycles. The van der Waals surface area contributed by atoms with Gasteiger partial charge in [-0.15, -0.1) is 0 Å². The maximum atomic E-state index is 5.42. The minimum Gasteiger partial charge on any atom is -0.497 e. The number of likely N-dealkylation sites (N-methyl/N-ethyl adjacent to an activating group) is 1. The summed E-state index contributed by atoms with van der Waals surface area (Å²) in [5.41, 5.74) is 2.51. The number of para-hydroxylation sites is 1. The Bertz CT molecular complexity index is 672. The molecular weight excluding hydrogens is 292 g/mol. The standard InChI is InChI=1S/C18H22N2OS/c1-13(19(2)3)12-20-15-7-5-6-8-17(15)22-18-10-9-14(21-4)11-16(18)20/h5-11,13H,12H2,1-4H3. The first-order valence-corrected chi connectivity index (χ1v) is 8.30. The van der Waals surface area contributed by atoms with E-state index in [1.54, 1.807) is 7.11 Å². The largest absolute Gasteiger partial charge is 0.497 e. The van der Waals surface area contributed by atoms with Crippen molar-refractivity contribution >= 4 is 23.1 Å². The van der Waals surface area contributed by atoms with Crippen molar-refractivity contribution in [2.24, 2.45) is 0 Å². The van der Waals surface area contributed by atoms with Crippen LogP contribution in [-0.2, 0) is 0 Å². The predicted molar refractivity (Wildman–Crippen MR) is 93.7 cm³/mol. The van der Waals surface area contributed by atoms with E-state index in [-0.39, 0.29) is 0 Å². The van der Waals surface area contributed by atoms with Crippen LogP contribution >= 0.6 is 11.8 Å². The Morgan fingerprint density at radius 1 is 1.09 bits per heavy atom. The molecule has 0 bridgehead atoms. The summed E-state index contributed by atoms with van der Waals surface area (Å²) in [4.78, 5) is 7.26. The van der Waals surface area contributed by atoms with Gasteiger partial charge in [-0.05, 0) is 45.3 Å². The molecule has 0 saturated carbocycles. The molecule has 0 radical (unpaired) electrons. The van der Waals surface area contributed by atoms with Gasteiger partial charge in [0.2, 0.25) is 0 Å². The predicted octanol–water partition coefficient (Wildman–Crippen LogP) is 4.25. The monoisotopic (exact) mass is 314 g/mol. The number of benzene rings is 2. The zero-order valence-corrected chi connectivity index (χ0v) is 14.4.